The second kappa shape index (κ2) is 14.7. The molecule has 2 saturated carbocycles. The van der Waals surface area contributed by atoms with Gasteiger partial charge in [-0.15, -0.1) is 22.7 Å². The van der Waals surface area contributed by atoms with E-state index in [4.69, 9.17) is 19.4 Å². The zero-order valence-electron chi connectivity index (χ0n) is 32.1. The first-order valence-corrected chi connectivity index (χ1v) is 22.6. The Kier molecular flexibility index (Phi) is 9.40. The molecule has 0 radical (unpaired) electrons. The Morgan fingerprint density at radius 2 is 1.42 bits per heavy atom. The summed E-state index contributed by atoms with van der Waals surface area (Å²) < 4.78 is 14.4. The summed E-state index contributed by atoms with van der Waals surface area (Å²) in [7, 11) is 0. The Morgan fingerprint density at radius 3 is 2.12 bits per heavy atom. The third kappa shape index (κ3) is 6.34. The first kappa shape index (κ1) is 36.3. The van der Waals surface area contributed by atoms with Crippen molar-refractivity contribution in [1.82, 2.24) is 9.97 Å². The topological polar surface area (TPSA) is 139 Å². The number of allylic oxidation sites excluding steroid dienone is 13. The standard InChI is InChI=1S/C47H44N6O2S2/c48-23-34(24-49)27-9-6-11-30(16-27)45-52-38-20-29-8-2-3-13-39(29)54-40-21-32-19-37-41(22-33(32)18-36(40)42(38)56-45)55-47(14-4-1-5-15-47)44-43(37)57-46(53-44)31-12-7-10-28(17-31)35(25-50)26-51/h16-18,21-22,29,32-33,37,39H,1-15,19-20H2. The van der Waals surface area contributed by atoms with Crippen LogP contribution in [0.3, 0.4) is 0 Å². The van der Waals surface area contributed by atoms with Crippen molar-refractivity contribution in [1.29, 1.82) is 21.0 Å². The molecule has 10 rings (SSSR count). The number of rotatable bonds is 2. The molecule has 4 heterocycles. The van der Waals surface area contributed by atoms with E-state index in [1.54, 1.807) is 11.3 Å². The number of hydrogen-bond donors (Lipinski definition) is 0. The van der Waals surface area contributed by atoms with E-state index < -0.39 is 5.60 Å². The van der Waals surface area contributed by atoms with E-state index >= 15 is 0 Å². The van der Waals surface area contributed by atoms with Crippen LogP contribution in [-0.4, -0.2) is 16.1 Å². The summed E-state index contributed by atoms with van der Waals surface area (Å²) in [4.78, 5) is 13.3. The number of thiazole rings is 2. The summed E-state index contributed by atoms with van der Waals surface area (Å²) in [6.07, 6.45) is 28.5. The fourth-order valence-electron chi connectivity index (χ4n) is 10.8. The van der Waals surface area contributed by atoms with Crippen LogP contribution in [0.1, 0.15) is 140 Å². The molecule has 2 aromatic rings. The van der Waals surface area contributed by atoms with Gasteiger partial charge in [0, 0.05) is 22.3 Å². The van der Waals surface area contributed by atoms with Crippen molar-refractivity contribution in [2.24, 2.45) is 17.8 Å². The molecule has 1 spiro atoms. The fraction of sp³-hybridized carbons (Fsp3) is 0.489. The van der Waals surface area contributed by atoms with E-state index in [1.165, 1.54) is 29.0 Å². The maximum atomic E-state index is 9.62. The molecule has 57 heavy (non-hydrogen) atoms. The van der Waals surface area contributed by atoms with Crippen LogP contribution in [0.5, 0.6) is 0 Å². The molecule has 8 aliphatic rings. The monoisotopic (exact) mass is 788 g/mol. The minimum absolute atomic E-state index is 0.119. The molecule has 0 N–H and O–H groups in total. The van der Waals surface area contributed by atoms with Gasteiger partial charge in [0.25, 0.3) is 0 Å². The van der Waals surface area contributed by atoms with Crippen LogP contribution >= 0.6 is 22.7 Å². The lowest BCUT2D eigenvalue weighted by atomic mass is 9.70. The van der Waals surface area contributed by atoms with Gasteiger partial charge in [-0.2, -0.15) is 21.0 Å². The predicted octanol–water partition coefficient (Wildman–Crippen LogP) is 11.3. The lowest BCUT2D eigenvalue weighted by Gasteiger charge is -2.46. The van der Waals surface area contributed by atoms with Crippen LogP contribution in [0, 0.1) is 63.1 Å². The Morgan fingerprint density at radius 1 is 0.737 bits per heavy atom. The van der Waals surface area contributed by atoms with E-state index in [0.29, 0.717) is 5.92 Å². The molecule has 5 unspecified atom stereocenters. The van der Waals surface area contributed by atoms with E-state index in [0.717, 1.165) is 151 Å². The number of nitrogens with zero attached hydrogens (tertiary/aromatic N) is 6. The quantitative estimate of drug-likeness (QED) is 0.274. The second-order valence-electron chi connectivity index (χ2n) is 17.1. The maximum absolute atomic E-state index is 9.62. The highest BCUT2D eigenvalue weighted by atomic mass is 32.1. The molecule has 8 nitrogen and oxygen atoms in total. The van der Waals surface area contributed by atoms with Crippen molar-refractivity contribution in [3.8, 4) is 24.3 Å². The average Bonchev–Trinajstić information content (AvgIpc) is 3.88. The maximum Gasteiger partial charge on any atom is 0.151 e. The molecule has 2 aromatic heterocycles. The Balaban J connectivity index is 1.06. The second-order valence-corrected chi connectivity index (χ2v) is 19.1. The molecule has 286 valence electrons. The Hall–Kier alpha value is -5.00. The molecule has 0 amide bonds. The summed E-state index contributed by atoms with van der Waals surface area (Å²) in [5, 5.41) is 40.5. The molecule has 0 saturated heterocycles. The molecule has 2 aliphatic heterocycles. The summed E-state index contributed by atoms with van der Waals surface area (Å²) >= 11 is 3.56. The first-order chi connectivity index (χ1) is 28.0. The Labute approximate surface area is 342 Å². The molecule has 2 fully saturated rings. The largest absolute Gasteiger partial charge is 0.490 e. The van der Waals surface area contributed by atoms with Crippen molar-refractivity contribution in [3.05, 3.63) is 95.3 Å². The molecular weight excluding hydrogens is 745 g/mol. The number of fused-ring (bicyclic) bond motifs is 9. The molecule has 10 heteroatoms. The van der Waals surface area contributed by atoms with Crippen molar-refractivity contribution >= 4 is 39.4 Å². The van der Waals surface area contributed by atoms with Crippen LogP contribution in [-0.2, 0) is 21.5 Å². The van der Waals surface area contributed by atoms with E-state index in [-0.39, 0.29) is 35.0 Å². The van der Waals surface area contributed by atoms with Crippen molar-refractivity contribution in [2.75, 3.05) is 0 Å². The minimum Gasteiger partial charge on any atom is -0.490 e. The molecular formula is C47H44N6O2S2. The van der Waals surface area contributed by atoms with Gasteiger partial charge < -0.3 is 9.47 Å². The molecule has 0 aromatic carbocycles. The zero-order valence-corrected chi connectivity index (χ0v) is 33.7. The van der Waals surface area contributed by atoms with Gasteiger partial charge >= 0.3 is 0 Å². The normalized spacial score (nSPS) is 28.1. The van der Waals surface area contributed by atoms with Gasteiger partial charge in [0.2, 0.25) is 0 Å². The minimum atomic E-state index is -0.421. The molecule has 5 atom stereocenters. The summed E-state index contributed by atoms with van der Waals surface area (Å²) in [5.41, 5.74) is 7.35. The van der Waals surface area contributed by atoms with Gasteiger partial charge in [0.15, 0.2) is 5.60 Å². The summed E-state index contributed by atoms with van der Waals surface area (Å²) in [6, 6.07) is 8.43. The van der Waals surface area contributed by atoms with Crippen molar-refractivity contribution < 1.29 is 9.47 Å². The Bertz CT molecular complexity index is 2420. The third-order valence-electron chi connectivity index (χ3n) is 13.7. The average molecular weight is 789 g/mol. The third-order valence-corrected chi connectivity index (χ3v) is 16.2. The van der Waals surface area contributed by atoms with Crippen molar-refractivity contribution in [2.45, 2.75) is 127 Å². The number of nitriles is 4. The van der Waals surface area contributed by atoms with Crippen LogP contribution in [0.2, 0.25) is 0 Å². The smallest absolute Gasteiger partial charge is 0.151 e. The number of aromatic nitrogens is 2. The highest BCUT2D eigenvalue weighted by Crippen LogP contribution is 2.58. The van der Waals surface area contributed by atoms with E-state index in [9.17, 15) is 21.0 Å². The number of hydrogen-bond acceptors (Lipinski definition) is 10. The van der Waals surface area contributed by atoms with Crippen LogP contribution < -0.4 is 0 Å². The van der Waals surface area contributed by atoms with Crippen molar-refractivity contribution in [3.63, 3.8) is 0 Å². The fourth-order valence-corrected chi connectivity index (χ4v) is 13.3. The van der Waals surface area contributed by atoms with Gasteiger partial charge in [-0.05, 0) is 137 Å². The molecule has 6 aliphatic carbocycles. The lowest BCUT2D eigenvalue weighted by Crippen LogP contribution is -2.40. The van der Waals surface area contributed by atoms with Gasteiger partial charge in [-0.25, -0.2) is 9.97 Å². The van der Waals surface area contributed by atoms with E-state index in [2.05, 4.69) is 54.7 Å². The van der Waals surface area contributed by atoms with Crippen LogP contribution in [0.15, 0.2) is 64.2 Å². The van der Waals surface area contributed by atoms with Gasteiger partial charge in [0.1, 0.15) is 63.1 Å². The highest BCUT2D eigenvalue weighted by molar-refractivity contribution is 7.14. The summed E-state index contributed by atoms with van der Waals surface area (Å²) in [5.74, 6) is 3.04. The SMILES string of the molecule is N#CC(C#N)=C1C=C(c2nc3c(s2)C2=CC4C=C5OC6(CCCCC6)c6nc(C7=CC(=C(C#N)C#N)CCC7)sc6C5CC4C=C2OC2CCCCC2C3)CCC1. The first-order valence-electron chi connectivity index (χ1n) is 21.0. The highest BCUT2D eigenvalue weighted by Gasteiger charge is 2.50. The van der Waals surface area contributed by atoms with E-state index in [1.807, 2.05) is 11.3 Å². The lowest BCUT2D eigenvalue weighted by molar-refractivity contribution is -0.0582. The summed E-state index contributed by atoms with van der Waals surface area (Å²) in [6.45, 7) is 0. The predicted molar refractivity (Wildman–Crippen MR) is 219 cm³/mol. The van der Waals surface area contributed by atoms with Crippen LogP contribution in [0.4, 0.5) is 0 Å². The molecule has 0 bridgehead atoms. The van der Waals surface area contributed by atoms with Gasteiger partial charge in [-0.3, -0.25) is 0 Å². The zero-order chi connectivity index (χ0) is 38.7. The van der Waals surface area contributed by atoms with Crippen LogP contribution in [0.25, 0.3) is 16.7 Å². The van der Waals surface area contributed by atoms with Gasteiger partial charge in [0.05, 0.1) is 22.2 Å². The van der Waals surface area contributed by atoms with Gasteiger partial charge in [-0.1, -0.05) is 31.1 Å². The number of ether oxygens (including phenoxy) is 2.